The van der Waals surface area contributed by atoms with Crippen molar-refractivity contribution < 1.29 is 0 Å². The summed E-state index contributed by atoms with van der Waals surface area (Å²) in [5.41, 5.74) is 1.41. The first kappa shape index (κ1) is 5.93. The van der Waals surface area contributed by atoms with E-state index in [2.05, 4.69) is 41.1 Å². The van der Waals surface area contributed by atoms with Crippen molar-refractivity contribution in [2.45, 2.75) is 5.92 Å². The Morgan fingerprint density at radius 3 is 2.60 bits per heavy atom. The average Bonchev–Trinajstić information content (AvgIpc) is 2.59. The summed E-state index contributed by atoms with van der Waals surface area (Å²) >= 11 is 1.76. The van der Waals surface area contributed by atoms with E-state index >= 15 is 0 Å². The Morgan fingerprint density at radius 1 is 1.20 bits per heavy atom. The highest BCUT2D eigenvalue weighted by Gasteiger charge is 2.05. The predicted molar refractivity (Wildman–Crippen MR) is 45.3 cm³/mol. The van der Waals surface area contributed by atoms with Crippen molar-refractivity contribution in [1.29, 1.82) is 0 Å². The van der Waals surface area contributed by atoms with E-state index in [9.17, 15) is 0 Å². The summed E-state index contributed by atoms with van der Waals surface area (Å²) < 4.78 is 0. The second kappa shape index (κ2) is 2.43. The number of allylic oxidation sites excluding steroid dienone is 4. The number of hydrogen-bond donors (Lipinski definition) is 0. The van der Waals surface area contributed by atoms with Crippen LogP contribution in [0.4, 0.5) is 0 Å². The monoisotopic (exact) mass is 148 g/mol. The van der Waals surface area contributed by atoms with Crippen LogP contribution < -0.4 is 0 Å². The Kier molecular flexibility index (Phi) is 1.44. The molecule has 0 radical (unpaired) electrons. The lowest BCUT2D eigenvalue weighted by atomic mass is 10.1. The standard InChI is InChI=1S/C9H8S/c1-2-4-8(3-1)9-5-6-10-7-9/h1-8H. The zero-order valence-electron chi connectivity index (χ0n) is 5.53. The lowest BCUT2D eigenvalue weighted by Gasteiger charge is -1.98. The Hall–Kier alpha value is -0.820. The fraction of sp³-hybridized carbons (Fsp3) is 0.111. The van der Waals surface area contributed by atoms with Gasteiger partial charge in [0.1, 0.15) is 0 Å². The van der Waals surface area contributed by atoms with E-state index in [1.807, 2.05) is 0 Å². The molecule has 0 N–H and O–H groups in total. The average molecular weight is 148 g/mol. The van der Waals surface area contributed by atoms with Crippen molar-refractivity contribution in [3.63, 3.8) is 0 Å². The van der Waals surface area contributed by atoms with Gasteiger partial charge in [0.25, 0.3) is 0 Å². The summed E-state index contributed by atoms with van der Waals surface area (Å²) in [7, 11) is 0. The zero-order chi connectivity index (χ0) is 6.81. The second-order valence-corrected chi connectivity index (χ2v) is 3.13. The van der Waals surface area contributed by atoms with E-state index in [4.69, 9.17) is 0 Å². The number of rotatable bonds is 1. The van der Waals surface area contributed by atoms with Crippen LogP contribution in [-0.2, 0) is 0 Å². The van der Waals surface area contributed by atoms with Crippen molar-refractivity contribution in [3.05, 3.63) is 46.7 Å². The normalized spacial score (nSPS) is 16.8. The number of thiophene rings is 1. The van der Waals surface area contributed by atoms with E-state index in [0.717, 1.165) is 0 Å². The minimum atomic E-state index is 0.547. The summed E-state index contributed by atoms with van der Waals surface area (Å²) in [6.07, 6.45) is 8.62. The van der Waals surface area contributed by atoms with E-state index < -0.39 is 0 Å². The maximum atomic E-state index is 2.21. The highest BCUT2D eigenvalue weighted by atomic mass is 32.1. The first-order valence-electron chi connectivity index (χ1n) is 3.34. The van der Waals surface area contributed by atoms with Crippen molar-refractivity contribution in [2.24, 2.45) is 0 Å². The van der Waals surface area contributed by atoms with Crippen LogP contribution in [0.25, 0.3) is 0 Å². The van der Waals surface area contributed by atoms with E-state index in [-0.39, 0.29) is 0 Å². The molecule has 1 aliphatic rings. The molecule has 50 valence electrons. The van der Waals surface area contributed by atoms with E-state index in [1.165, 1.54) is 5.56 Å². The number of hydrogen-bond acceptors (Lipinski definition) is 1. The summed E-state index contributed by atoms with van der Waals surface area (Å²) in [6, 6.07) is 2.18. The lowest BCUT2D eigenvalue weighted by molar-refractivity contribution is 1.12. The van der Waals surface area contributed by atoms with E-state index in [0.29, 0.717) is 5.92 Å². The Balaban J connectivity index is 2.29. The van der Waals surface area contributed by atoms with Gasteiger partial charge in [-0.15, -0.1) is 0 Å². The Bertz CT molecular complexity index is 242. The molecule has 2 rings (SSSR count). The van der Waals surface area contributed by atoms with Gasteiger partial charge in [-0.25, -0.2) is 0 Å². The molecular weight excluding hydrogens is 140 g/mol. The van der Waals surface area contributed by atoms with Gasteiger partial charge in [-0.05, 0) is 22.4 Å². The third-order valence-corrected chi connectivity index (χ3v) is 2.38. The third kappa shape index (κ3) is 0.929. The van der Waals surface area contributed by atoms with Crippen LogP contribution in [0.3, 0.4) is 0 Å². The van der Waals surface area contributed by atoms with Gasteiger partial charge >= 0.3 is 0 Å². The summed E-state index contributed by atoms with van der Waals surface area (Å²) in [5.74, 6) is 0.547. The largest absolute Gasteiger partial charge is 0.152 e. The van der Waals surface area contributed by atoms with Crippen LogP contribution in [0.1, 0.15) is 11.5 Å². The summed E-state index contributed by atoms with van der Waals surface area (Å²) in [5, 5.41) is 4.32. The highest BCUT2D eigenvalue weighted by Crippen LogP contribution is 2.24. The molecule has 0 bridgehead atoms. The Labute approximate surface area is 64.5 Å². The van der Waals surface area contributed by atoms with Crippen LogP contribution in [0.15, 0.2) is 41.1 Å². The van der Waals surface area contributed by atoms with Crippen LogP contribution in [-0.4, -0.2) is 0 Å². The predicted octanol–water partition coefficient (Wildman–Crippen LogP) is 2.96. The van der Waals surface area contributed by atoms with Crippen molar-refractivity contribution >= 4 is 11.3 Å². The molecule has 1 aromatic rings. The smallest absolute Gasteiger partial charge is 0.0213 e. The van der Waals surface area contributed by atoms with Crippen molar-refractivity contribution in [2.75, 3.05) is 0 Å². The molecule has 0 nitrogen and oxygen atoms in total. The fourth-order valence-electron chi connectivity index (χ4n) is 1.12. The molecule has 0 amide bonds. The molecule has 10 heavy (non-hydrogen) atoms. The summed E-state index contributed by atoms with van der Waals surface area (Å²) in [4.78, 5) is 0. The molecule has 0 atom stereocenters. The molecular formula is C9H8S. The van der Waals surface area contributed by atoms with Gasteiger partial charge in [0, 0.05) is 5.92 Å². The van der Waals surface area contributed by atoms with Crippen LogP contribution in [0.2, 0.25) is 0 Å². The molecule has 0 saturated carbocycles. The molecule has 1 aliphatic carbocycles. The first-order valence-corrected chi connectivity index (χ1v) is 4.28. The van der Waals surface area contributed by atoms with Gasteiger partial charge < -0.3 is 0 Å². The van der Waals surface area contributed by atoms with E-state index in [1.54, 1.807) is 11.3 Å². The maximum Gasteiger partial charge on any atom is 0.0213 e. The molecule has 0 saturated heterocycles. The Morgan fingerprint density at radius 2 is 2.00 bits per heavy atom. The van der Waals surface area contributed by atoms with Gasteiger partial charge in [0.2, 0.25) is 0 Å². The maximum absolute atomic E-state index is 2.21. The van der Waals surface area contributed by atoms with Gasteiger partial charge in [-0.1, -0.05) is 24.3 Å². The van der Waals surface area contributed by atoms with Gasteiger partial charge in [0.15, 0.2) is 0 Å². The molecule has 1 heteroatoms. The van der Waals surface area contributed by atoms with Gasteiger partial charge in [-0.2, -0.15) is 11.3 Å². The zero-order valence-corrected chi connectivity index (χ0v) is 6.34. The van der Waals surface area contributed by atoms with Crippen molar-refractivity contribution in [1.82, 2.24) is 0 Å². The molecule has 1 aromatic heterocycles. The SMILES string of the molecule is C1=CC(c2ccsc2)C=C1. The molecule has 0 aliphatic heterocycles. The van der Waals surface area contributed by atoms with Crippen LogP contribution in [0, 0.1) is 0 Å². The van der Waals surface area contributed by atoms with Crippen LogP contribution >= 0.6 is 11.3 Å². The van der Waals surface area contributed by atoms with Crippen molar-refractivity contribution in [3.8, 4) is 0 Å². The third-order valence-electron chi connectivity index (χ3n) is 1.68. The fourth-order valence-corrected chi connectivity index (χ4v) is 1.83. The molecule has 1 heterocycles. The van der Waals surface area contributed by atoms with Gasteiger partial charge in [-0.3, -0.25) is 0 Å². The lowest BCUT2D eigenvalue weighted by Crippen LogP contribution is -1.82. The minimum absolute atomic E-state index is 0.547. The highest BCUT2D eigenvalue weighted by molar-refractivity contribution is 7.08. The summed E-state index contributed by atoms with van der Waals surface area (Å²) in [6.45, 7) is 0. The molecule has 0 unspecified atom stereocenters. The quantitative estimate of drug-likeness (QED) is 0.574. The molecule has 0 spiro atoms. The topological polar surface area (TPSA) is 0 Å². The van der Waals surface area contributed by atoms with Crippen LogP contribution in [0.5, 0.6) is 0 Å². The van der Waals surface area contributed by atoms with Gasteiger partial charge in [0.05, 0.1) is 0 Å². The second-order valence-electron chi connectivity index (χ2n) is 2.35. The minimum Gasteiger partial charge on any atom is -0.152 e. The molecule has 0 aromatic carbocycles. The molecule has 0 fully saturated rings. The first-order chi connectivity index (χ1) is 4.97.